The van der Waals surface area contributed by atoms with Crippen molar-refractivity contribution in [1.29, 1.82) is 0 Å². The number of fused-ring (bicyclic) bond motifs is 2. The van der Waals surface area contributed by atoms with Crippen molar-refractivity contribution in [3.8, 4) is 5.75 Å². The number of hydrogen-bond acceptors (Lipinski definition) is 4. The van der Waals surface area contributed by atoms with E-state index >= 15 is 0 Å². The Morgan fingerprint density at radius 1 is 1.02 bits per heavy atom. The summed E-state index contributed by atoms with van der Waals surface area (Å²) in [7, 11) is 3.34. The van der Waals surface area contributed by atoms with Crippen LogP contribution < -0.4 is 15.4 Å². The Morgan fingerprint density at radius 2 is 1.70 bits per heavy atom. The number of rotatable bonds is 7. The number of carbonyl (C=O) groups excluding carboxylic acids is 3. The Kier molecular flexibility index (Phi) is 8.22. The highest BCUT2D eigenvalue weighted by atomic mass is 35.5. The van der Waals surface area contributed by atoms with Crippen molar-refractivity contribution >= 4 is 46.6 Å². The molecule has 0 aliphatic carbocycles. The minimum absolute atomic E-state index is 0.0933. The number of aryl methyl sites for hydroxylation is 1. The van der Waals surface area contributed by atoms with Crippen LogP contribution in [0.1, 0.15) is 67.3 Å². The first kappa shape index (κ1) is 30.8. The van der Waals surface area contributed by atoms with Crippen molar-refractivity contribution in [2.24, 2.45) is 0 Å². The lowest BCUT2D eigenvalue weighted by Crippen LogP contribution is -2.57. The van der Waals surface area contributed by atoms with Crippen molar-refractivity contribution in [3.63, 3.8) is 0 Å². The first-order chi connectivity index (χ1) is 20.4. The molecule has 7 nitrogen and oxygen atoms in total. The van der Waals surface area contributed by atoms with Gasteiger partial charge in [0.1, 0.15) is 17.0 Å². The Morgan fingerprint density at radius 3 is 2.37 bits per heavy atom. The van der Waals surface area contributed by atoms with E-state index in [1.807, 2.05) is 20.8 Å². The molecule has 0 saturated carbocycles. The number of benzene rings is 3. The molecule has 1 spiro atoms. The summed E-state index contributed by atoms with van der Waals surface area (Å²) in [6, 6.07) is 13.5. The van der Waals surface area contributed by atoms with Crippen LogP contribution in [-0.4, -0.2) is 42.3 Å². The number of nitrogens with zero attached hydrogens (tertiary/aromatic N) is 1. The Bertz CT molecular complexity index is 1620. The average Bonchev–Trinajstić information content (AvgIpc) is 3.25. The molecule has 2 N–H and O–H groups in total. The summed E-state index contributed by atoms with van der Waals surface area (Å²) in [6.07, 6.45) is 0.668. The van der Waals surface area contributed by atoms with E-state index in [0.717, 1.165) is 0 Å². The number of piperidine rings is 1. The molecule has 2 heterocycles. The van der Waals surface area contributed by atoms with E-state index in [4.69, 9.17) is 27.9 Å². The first-order valence-electron chi connectivity index (χ1n) is 14.2. The van der Waals surface area contributed by atoms with Gasteiger partial charge in [-0.2, -0.15) is 0 Å². The molecule has 2 aliphatic rings. The van der Waals surface area contributed by atoms with Gasteiger partial charge in [-0.15, -0.1) is 0 Å². The average molecular weight is 627 g/mol. The fourth-order valence-corrected chi connectivity index (χ4v) is 7.04. The number of halogens is 3. The van der Waals surface area contributed by atoms with Gasteiger partial charge in [0.2, 0.25) is 11.8 Å². The zero-order valence-corrected chi connectivity index (χ0v) is 26.2. The third-order valence-electron chi connectivity index (χ3n) is 8.89. The molecule has 43 heavy (non-hydrogen) atoms. The molecule has 2 aliphatic heterocycles. The van der Waals surface area contributed by atoms with Crippen molar-refractivity contribution in [1.82, 2.24) is 10.2 Å². The van der Waals surface area contributed by atoms with Crippen molar-refractivity contribution < 1.29 is 23.5 Å². The number of likely N-dealkylation sites (N-methyl/N-ethyl adjacent to an activating group) is 1. The molecule has 3 aromatic carbocycles. The molecule has 1 saturated heterocycles. The van der Waals surface area contributed by atoms with Crippen LogP contribution in [0.25, 0.3) is 0 Å². The number of ether oxygens (including phenoxy) is 1. The van der Waals surface area contributed by atoms with E-state index in [1.54, 1.807) is 56.6 Å². The zero-order chi connectivity index (χ0) is 31.3. The van der Waals surface area contributed by atoms with E-state index in [0.29, 0.717) is 56.6 Å². The van der Waals surface area contributed by atoms with Gasteiger partial charge in [-0.05, 0) is 78.9 Å². The van der Waals surface area contributed by atoms with Crippen molar-refractivity contribution in [2.75, 3.05) is 19.4 Å². The molecule has 0 bridgehead atoms. The van der Waals surface area contributed by atoms with E-state index in [1.165, 1.54) is 17.0 Å². The summed E-state index contributed by atoms with van der Waals surface area (Å²) in [5.41, 5.74) is 0.142. The van der Waals surface area contributed by atoms with E-state index in [-0.39, 0.29) is 24.1 Å². The van der Waals surface area contributed by atoms with E-state index in [9.17, 15) is 18.8 Å². The number of carbonyl (C=O) groups is 3. The standard InChI is InChI=1S/C33H34Cl2FN3O4/c1-6-32(7-2,31(42)39(4)5)43-27-13-10-19(34)14-23(27)25-17-28(40)38-29(22-16-21(36)11-8-18(22)3)33(25)24-12-9-20(35)15-26(24)37-30(33)41/h8-16,25,29H,6-7,17H2,1-5H3,(H,37,41)(H,38,40). The van der Waals surface area contributed by atoms with E-state index < -0.39 is 28.8 Å². The second-order valence-corrected chi connectivity index (χ2v) is 12.3. The van der Waals surface area contributed by atoms with Crippen molar-refractivity contribution in [3.05, 3.63) is 92.7 Å². The minimum atomic E-state index is -1.44. The van der Waals surface area contributed by atoms with Crippen LogP contribution in [0.15, 0.2) is 54.6 Å². The molecular weight excluding hydrogens is 592 g/mol. The Labute approximate surface area is 260 Å². The molecule has 3 unspecified atom stereocenters. The van der Waals surface area contributed by atoms with Gasteiger partial charge in [0.05, 0.1) is 6.04 Å². The molecule has 0 radical (unpaired) electrons. The van der Waals surface area contributed by atoms with Crippen molar-refractivity contribution in [2.45, 2.75) is 63.0 Å². The third kappa shape index (κ3) is 5.04. The SMILES string of the molecule is CCC(CC)(Oc1ccc(Cl)cc1C1CC(=O)NC(c2cc(F)ccc2C)C12C(=O)Nc1cc(Cl)ccc12)C(=O)N(C)C. The lowest BCUT2D eigenvalue weighted by atomic mass is 9.59. The van der Waals surface area contributed by atoms with Gasteiger partial charge in [0.15, 0.2) is 5.60 Å². The number of anilines is 1. The summed E-state index contributed by atoms with van der Waals surface area (Å²) in [5, 5.41) is 6.80. The lowest BCUT2D eigenvalue weighted by Gasteiger charge is -2.47. The highest BCUT2D eigenvalue weighted by Crippen LogP contribution is 2.59. The summed E-state index contributed by atoms with van der Waals surface area (Å²) >= 11 is 12.9. The molecule has 1 fully saturated rings. The maximum atomic E-state index is 14.8. The highest BCUT2D eigenvalue weighted by molar-refractivity contribution is 6.31. The molecule has 226 valence electrons. The fourth-order valence-electron chi connectivity index (χ4n) is 6.69. The number of hydrogen-bond donors (Lipinski definition) is 2. The molecule has 10 heteroatoms. The maximum Gasteiger partial charge on any atom is 0.266 e. The second-order valence-electron chi connectivity index (χ2n) is 11.5. The molecular formula is C33H34Cl2FN3O4. The Balaban J connectivity index is 1.80. The maximum absolute atomic E-state index is 14.8. The van der Waals surface area contributed by atoms with Crippen LogP contribution in [0, 0.1) is 12.7 Å². The van der Waals surface area contributed by atoms with Crippen LogP contribution in [0.4, 0.5) is 10.1 Å². The Hall–Kier alpha value is -3.62. The number of nitrogens with one attached hydrogen (secondary N) is 2. The summed E-state index contributed by atoms with van der Waals surface area (Å²) in [5.74, 6) is -1.88. The summed E-state index contributed by atoms with van der Waals surface area (Å²) in [6.45, 7) is 5.57. The van der Waals surface area contributed by atoms with Gasteiger partial charge in [-0.1, -0.05) is 49.2 Å². The predicted molar refractivity (Wildman–Crippen MR) is 165 cm³/mol. The van der Waals surface area contributed by atoms with Crippen LogP contribution in [-0.2, 0) is 19.8 Å². The lowest BCUT2D eigenvalue weighted by molar-refractivity contribution is -0.146. The van der Waals surface area contributed by atoms with Gasteiger partial charge in [-0.3, -0.25) is 14.4 Å². The minimum Gasteiger partial charge on any atom is -0.477 e. The molecule has 5 rings (SSSR count). The molecule has 3 aromatic rings. The summed E-state index contributed by atoms with van der Waals surface area (Å²) < 4.78 is 21.4. The summed E-state index contributed by atoms with van der Waals surface area (Å²) in [4.78, 5) is 42.9. The molecule has 3 amide bonds. The van der Waals surface area contributed by atoms with Gasteiger partial charge in [0, 0.05) is 47.7 Å². The van der Waals surface area contributed by atoms with Gasteiger partial charge in [-0.25, -0.2) is 4.39 Å². The first-order valence-corrected chi connectivity index (χ1v) is 15.0. The monoisotopic (exact) mass is 625 g/mol. The normalized spacial score (nSPS) is 21.3. The number of amides is 3. The van der Waals surface area contributed by atoms with Gasteiger partial charge >= 0.3 is 0 Å². The van der Waals surface area contributed by atoms with Crippen LogP contribution in [0.2, 0.25) is 10.0 Å². The second kappa shape index (κ2) is 11.5. The quantitative estimate of drug-likeness (QED) is 0.306. The van der Waals surface area contributed by atoms with E-state index in [2.05, 4.69) is 10.6 Å². The van der Waals surface area contributed by atoms with Gasteiger partial charge < -0.3 is 20.3 Å². The van der Waals surface area contributed by atoms with Crippen LogP contribution >= 0.6 is 23.2 Å². The van der Waals surface area contributed by atoms with Crippen LogP contribution in [0.3, 0.4) is 0 Å². The highest BCUT2D eigenvalue weighted by Gasteiger charge is 2.62. The van der Waals surface area contributed by atoms with Gasteiger partial charge in [0.25, 0.3) is 5.91 Å². The largest absolute Gasteiger partial charge is 0.477 e. The molecule has 0 aromatic heterocycles. The van der Waals surface area contributed by atoms with Crippen LogP contribution in [0.5, 0.6) is 5.75 Å². The third-order valence-corrected chi connectivity index (χ3v) is 9.36. The fraction of sp³-hybridized carbons (Fsp3) is 0.364. The topological polar surface area (TPSA) is 87.7 Å². The predicted octanol–water partition coefficient (Wildman–Crippen LogP) is 6.70. The smallest absolute Gasteiger partial charge is 0.266 e. The zero-order valence-electron chi connectivity index (χ0n) is 24.7. The molecule has 3 atom stereocenters.